The van der Waals surface area contributed by atoms with Crippen LogP contribution < -0.4 is 4.90 Å². The fourth-order valence-corrected chi connectivity index (χ4v) is 2.15. The molecule has 2 aromatic rings. The molecule has 16 heavy (non-hydrogen) atoms. The number of nitrogens with zero attached hydrogens (tertiary/aromatic N) is 1. The lowest BCUT2D eigenvalue weighted by Gasteiger charge is -2.16. The summed E-state index contributed by atoms with van der Waals surface area (Å²) in [6, 6.07) is 14.6. The number of benzene rings is 1. The van der Waals surface area contributed by atoms with Crippen molar-refractivity contribution in [3.05, 3.63) is 58.8 Å². The van der Waals surface area contributed by atoms with Crippen LogP contribution in [-0.4, -0.2) is 13.6 Å². The van der Waals surface area contributed by atoms with Gasteiger partial charge in [-0.1, -0.05) is 30.3 Å². The summed E-state index contributed by atoms with van der Waals surface area (Å²) >= 11 is 1.77. The molecule has 2 rings (SSSR count). The highest BCUT2D eigenvalue weighted by molar-refractivity contribution is 7.10. The topological polar surface area (TPSA) is 3.24 Å². The zero-order valence-corrected chi connectivity index (χ0v) is 10.2. The second-order valence-electron chi connectivity index (χ2n) is 3.63. The molecule has 0 aliphatic rings. The summed E-state index contributed by atoms with van der Waals surface area (Å²) in [7, 11) is 2.11. The van der Waals surface area contributed by atoms with Gasteiger partial charge in [0.15, 0.2) is 0 Å². The third-order valence-corrected chi connectivity index (χ3v) is 3.24. The Morgan fingerprint density at radius 1 is 1.12 bits per heavy atom. The van der Waals surface area contributed by atoms with Crippen molar-refractivity contribution in [2.24, 2.45) is 0 Å². The lowest BCUT2D eigenvalue weighted by molar-refractivity contribution is 1.03. The molecule has 82 valence electrons. The zero-order valence-electron chi connectivity index (χ0n) is 9.34. The number of thiophene rings is 1. The summed E-state index contributed by atoms with van der Waals surface area (Å²) in [5.41, 5.74) is 1.25. The number of likely N-dealkylation sites (N-methyl/N-ethyl adjacent to an activating group) is 1. The lowest BCUT2D eigenvalue weighted by Crippen LogP contribution is -2.16. The van der Waals surface area contributed by atoms with Crippen molar-refractivity contribution < 1.29 is 0 Å². The van der Waals surface area contributed by atoms with Crippen LogP contribution >= 0.6 is 11.3 Å². The van der Waals surface area contributed by atoms with Crippen LogP contribution in [0.1, 0.15) is 4.88 Å². The molecular formula is C14H15NS. The quantitative estimate of drug-likeness (QED) is 0.768. The molecule has 0 saturated heterocycles. The predicted octanol–water partition coefficient (Wildman–Crippen LogP) is 3.90. The second-order valence-corrected chi connectivity index (χ2v) is 4.61. The first-order chi connectivity index (χ1) is 7.86. The van der Waals surface area contributed by atoms with Gasteiger partial charge >= 0.3 is 0 Å². The highest BCUT2D eigenvalue weighted by atomic mass is 32.1. The van der Waals surface area contributed by atoms with Crippen molar-refractivity contribution in [3.8, 4) is 0 Å². The Morgan fingerprint density at radius 3 is 2.62 bits per heavy atom. The zero-order chi connectivity index (χ0) is 11.2. The minimum atomic E-state index is 0.932. The Morgan fingerprint density at radius 2 is 1.94 bits per heavy atom. The monoisotopic (exact) mass is 229 g/mol. The van der Waals surface area contributed by atoms with Crippen LogP contribution in [0.25, 0.3) is 6.08 Å². The average molecular weight is 229 g/mol. The molecule has 1 aromatic heterocycles. The third kappa shape index (κ3) is 2.97. The van der Waals surface area contributed by atoms with E-state index in [0.717, 1.165) is 6.54 Å². The Balaban J connectivity index is 1.91. The van der Waals surface area contributed by atoms with Crippen LogP contribution in [0.5, 0.6) is 0 Å². The molecule has 0 radical (unpaired) electrons. The van der Waals surface area contributed by atoms with Gasteiger partial charge in [-0.2, -0.15) is 0 Å². The van der Waals surface area contributed by atoms with Crippen LogP contribution in [-0.2, 0) is 0 Å². The molecule has 0 unspecified atom stereocenters. The largest absolute Gasteiger partial charge is 0.371 e. The molecule has 0 atom stereocenters. The van der Waals surface area contributed by atoms with Crippen LogP contribution in [0.3, 0.4) is 0 Å². The van der Waals surface area contributed by atoms with Crippen molar-refractivity contribution in [3.63, 3.8) is 0 Å². The van der Waals surface area contributed by atoms with Crippen molar-refractivity contribution >= 4 is 23.1 Å². The molecule has 2 heteroatoms. The van der Waals surface area contributed by atoms with E-state index >= 15 is 0 Å². The van der Waals surface area contributed by atoms with Gasteiger partial charge in [0.25, 0.3) is 0 Å². The summed E-state index contributed by atoms with van der Waals surface area (Å²) in [5.74, 6) is 0. The maximum Gasteiger partial charge on any atom is 0.0366 e. The van der Waals surface area contributed by atoms with E-state index in [1.54, 1.807) is 11.3 Å². The smallest absolute Gasteiger partial charge is 0.0366 e. The number of para-hydroxylation sites is 1. The van der Waals surface area contributed by atoms with Gasteiger partial charge in [-0.15, -0.1) is 11.3 Å². The minimum Gasteiger partial charge on any atom is -0.371 e. The Bertz CT molecular complexity index is 431. The van der Waals surface area contributed by atoms with Gasteiger partial charge in [0, 0.05) is 24.2 Å². The highest BCUT2D eigenvalue weighted by Gasteiger charge is 1.95. The van der Waals surface area contributed by atoms with Crippen molar-refractivity contribution in [2.75, 3.05) is 18.5 Å². The lowest BCUT2D eigenvalue weighted by atomic mass is 10.3. The first kappa shape index (κ1) is 11.0. The molecule has 0 fully saturated rings. The molecule has 0 aliphatic carbocycles. The molecule has 0 bridgehead atoms. The van der Waals surface area contributed by atoms with Gasteiger partial charge in [0.1, 0.15) is 0 Å². The number of anilines is 1. The molecule has 0 saturated carbocycles. The molecule has 1 nitrogen and oxygen atoms in total. The van der Waals surface area contributed by atoms with Crippen LogP contribution in [0.4, 0.5) is 5.69 Å². The Labute approximate surface area is 101 Å². The van der Waals surface area contributed by atoms with Crippen molar-refractivity contribution in [1.82, 2.24) is 0 Å². The molecule has 0 aliphatic heterocycles. The third-order valence-electron chi connectivity index (χ3n) is 2.40. The summed E-state index contributed by atoms with van der Waals surface area (Å²) in [5, 5.41) is 2.10. The second kappa shape index (κ2) is 5.52. The van der Waals surface area contributed by atoms with Gasteiger partial charge in [0.05, 0.1) is 0 Å². The van der Waals surface area contributed by atoms with E-state index in [2.05, 4.69) is 65.9 Å². The molecule has 0 amide bonds. The van der Waals surface area contributed by atoms with E-state index in [1.165, 1.54) is 10.6 Å². The fraction of sp³-hybridized carbons (Fsp3) is 0.143. The van der Waals surface area contributed by atoms with E-state index < -0.39 is 0 Å². The SMILES string of the molecule is CN(C/C=C/c1cccs1)c1ccccc1. The summed E-state index contributed by atoms with van der Waals surface area (Å²) in [6.45, 7) is 0.932. The Hall–Kier alpha value is -1.54. The maximum absolute atomic E-state index is 2.23. The van der Waals surface area contributed by atoms with Crippen LogP contribution in [0, 0.1) is 0 Å². The van der Waals surface area contributed by atoms with Crippen LogP contribution in [0.2, 0.25) is 0 Å². The Kier molecular flexibility index (Phi) is 3.78. The molecule has 1 aromatic carbocycles. The van der Waals surface area contributed by atoms with E-state index in [4.69, 9.17) is 0 Å². The maximum atomic E-state index is 2.23. The summed E-state index contributed by atoms with van der Waals surface area (Å²) < 4.78 is 0. The fourth-order valence-electron chi connectivity index (χ4n) is 1.50. The van der Waals surface area contributed by atoms with Gasteiger partial charge in [-0.05, 0) is 29.7 Å². The van der Waals surface area contributed by atoms with Gasteiger partial charge in [0.2, 0.25) is 0 Å². The highest BCUT2D eigenvalue weighted by Crippen LogP contribution is 2.12. The van der Waals surface area contributed by atoms with Gasteiger partial charge < -0.3 is 4.90 Å². The molecule has 0 N–H and O–H groups in total. The molecule has 1 heterocycles. The molecule has 0 spiro atoms. The normalized spacial score (nSPS) is 10.8. The van der Waals surface area contributed by atoms with Crippen molar-refractivity contribution in [2.45, 2.75) is 0 Å². The summed E-state index contributed by atoms with van der Waals surface area (Å²) in [4.78, 5) is 3.53. The van der Waals surface area contributed by atoms with Crippen LogP contribution in [0.15, 0.2) is 53.9 Å². The molecular weight excluding hydrogens is 214 g/mol. The van der Waals surface area contributed by atoms with Crippen molar-refractivity contribution in [1.29, 1.82) is 0 Å². The minimum absolute atomic E-state index is 0.932. The van der Waals surface area contributed by atoms with Gasteiger partial charge in [-0.25, -0.2) is 0 Å². The van der Waals surface area contributed by atoms with E-state index in [9.17, 15) is 0 Å². The van der Waals surface area contributed by atoms with E-state index in [-0.39, 0.29) is 0 Å². The van der Waals surface area contributed by atoms with E-state index in [0.29, 0.717) is 0 Å². The standard InChI is InChI=1S/C14H15NS/c1-15(13-7-3-2-4-8-13)11-5-9-14-10-6-12-16-14/h2-10,12H,11H2,1H3/b9-5+. The first-order valence-corrected chi connectivity index (χ1v) is 6.20. The first-order valence-electron chi connectivity index (χ1n) is 5.32. The average Bonchev–Trinajstić information content (AvgIpc) is 2.83. The predicted molar refractivity (Wildman–Crippen MR) is 73.1 cm³/mol. The van der Waals surface area contributed by atoms with E-state index in [1.807, 2.05) is 6.07 Å². The number of hydrogen-bond donors (Lipinski definition) is 0. The summed E-state index contributed by atoms with van der Waals surface area (Å²) in [6.07, 6.45) is 4.36. The number of hydrogen-bond acceptors (Lipinski definition) is 2. The van der Waals surface area contributed by atoms with Gasteiger partial charge in [-0.3, -0.25) is 0 Å². The number of rotatable bonds is 4.